The van der Waals surface area contributed by atoms with Gasteiger partial charge in [-0.05, 0) is 70.0 Å². The lowest BCUT2D eigenvalue weighted by atomic mass is 9.87. The van der Waals surface area contributed by atoms with Crippen molar-refractivity contribution in [2.45, 2.75) is 52.2 Å². The van der Waals surface area contributed by atoms with E-state index in [4.69, 9.17) is 4.74 Å². The third-order valence-electron chi connectivity index (χ3n) is 7.06. The van der Waals surface area contributed by atoms with Crippen LogP contribution in [0.1, 0.15) is 62.1 Å². The SMILES string of the molecule is C=CCN1CC(C)(C)N(C(c2ccc(C(=O)N(CC)CC)cc2)c2cccc(OC)c2)CC1C. The minimum atomic E-state index is -0.0566. The van der Waals surface area contributed by atoms with E-state index >= 15 is 0 Å². The number of ether oxygens (including phenoxy) is 1. The van der Waals surface area contributed by atoms with Crippen molar-refractivity contribution in [2.75, 3.05) is 39.8 Å². The van der Waals surface area contributed by atoms with Gasteiger partial charge in [0.25, 0.3) is 5.91 Å². The van der Waals surface area contributed by atoms with Gasteiger partial charge in [-0.1, -0.05) is 30.3 Å². The highest BCUT2D eigenvalue weighted by atomic mass is 16.5. The summed E-state index contributed by atoms with van der Waals surface area (Å²) in [6.45, 7) is 19.1. The lowest BCUT2D eigenvalue weighted by Crippen LogP contribution is -2.63. The molecule has 2 atom stereocenters. The monoisotopic (exact) mass is 463 g/mol. The molecule has 0 aliphatic carbocycles. The Hall–Kier alpha value is -2.63. The number of hydrogen-bond acceptors (Lipinski definition) is 4. The topological polar surface area (TPSA) is 36.0 Å². The molecular weight excluding hydrogens is 422 g/mol. The highest BCUT2D eigenvalue weighted by molar-refractivity contribution is 5.94. The lowest BCUT2D eigenvalue weighted by Gasteiger charge is -2.53. The van der Waals surface area contributed by atoms with Gasteiger partial charge in [0, 0.05) is 49.9 Å². The number of carbonyl (C=O) groups excluding carboxylic acids is 1. The van der Waals surface area contributed by atoms with Crippen molar-refractivity contribution >= 4 is 5.91 Å². The largest absolute Gasteiger partial charge is 0.497 e. The van der Waals surface area contributed by atoms with Crippen LogP contribution in [-0.4, -0.2) is 72.0 Å². The molecule has 2 unspecified atom stereocenters. The molecular formula is C29H41N3O2. The van der Waals surface area contributed by atoms with Crippen LogP contribution in [0.5, 0.6) is 5.75 Å². The molecule has 1 heterocycles. The quantitative estimate of drug-likeness (QED) is 0.477. The van der Waals surface area contributed by atoms with E-state index in [0.29, 0.717) is 19.1 Å². The minimum absolute atomic E-state index is 0.0519. The second-order valence-corrected chi connectivity index (χ2v) is 9.81. The van der Waals surface area contributed by atoms with E-state index in [1.165, 1.54) is 11.1 Å². The first-order valence-electron chi connectivity index (χ1n) is 12.4. The number of nitrogens with zero attached hydrogens (tertiary/aromatic N) is 3. The Morgan fingerprint density at radius 3 is 2.44 bits per heavy atom. The van der Waals surface area contributed by atoms with Gasteiger partial charge in [0.1, 0.15) is 5.75 Å². The fourth-order valence-electron chi connectivity index (χ4n) is 5.12. The molecule has 0 spiro atoms. The molecule has 1 fully saturated rings. The molecule has 184 valence electrons. The van der Waals surface area contributed by atoms with E-state index in [9.17, 15) is 4.79 Å². The van der Waals surface area contributed by atoms with E-state index in [-0.39, 0.29) is 17.5 Å². The van der Waals surface area contributed by atoms with Gasteiger partial charge >= 0.3 is 0 Å². The molecule has 1 amide bonds. The zero-order valence-corrected chi connectivity index (χ0v) is 21.8. The predicted molar refractivity (Wildman–Crippen MR) is 141 cm³/mol. The normalized spacial score (nSPS) is 19.4. The standard InChI is InChI=1S/C29H41N3O2/c1-8-18-31-21-29(5,6)32(20-22(31)4)27(25-12-11-13-26(19-25)34-7)23-14-16-24(17-15-23)28(33)30(9-2)10-3/h8,11-17,19,22,27H,1,9-10,18,20-21H2,2-7H3. The Morgan fingerprint density at radius 1 is 1.18 bits per heavy atom. The molecule has 0 aromatic heterocycles. The summed E-state index contributed by atoms with van der Waals surface area (Å²) in [5.74, 6) is 0.938. The summed E-state index contributed by atoms with van der Waals surface area (Å²) < 4.78 is 5.56. The molecule has 0 bridgehead atoms. The second kappa shape index (κ2) is 11.2. The van der Waals surface area contributed by atoms with Gasteiger partial charge < -0.3 is 9.64 Å². The number of amides is 1. The molecule has 1 aliphatic rings. The van der Waals surface area contributed by atoms with Crippen LogP contribution in [0.3, 0.4) is 0 Å². The van der Waals surface area contributed by atoms with Crippen molar-refractivity contribution in [1.29, 1.82) is 0 Å². The molecule has 5 heteroatoms. The van der Waals surface area contributed by atoms with Crippen LogP contribution in [0, 0.1) is 0 Å². The smallest absolute Gasteiger partial charge is 0.253 e. The second-order valence-electron chi connectivity index (χ2n) is 9.81. The highest BCUT2D eigenvalue weighted by Gasteiger charge is 2.41. The molecule has 1 aliphatic heterocycles. The summed E-state index contributed by atoms with van der Waals surface area (Å²) in [6, 6.07) is 17.0. The lowest BCUT2D eigenvalue weighted by molar-refractivity contribution is -0.0254. The first kappa shape index (κ1) is 26.0. The number of rotatable bonds is 9. The Labute approximate surface area is 206 Å². The molecule has 34 heavy (non-hydrogen) atoms. The van der Waals surface area contributed by atoms with Gasteiger partial charge in [-0.15, -0.1) is 6.58 Å². The molecule has 0 radical (unpaired) electrons. The summed E-state index contributed by atoms with van der Waals surface area (Å²) in [7, 11) is 1.71. The zero-order valence-electron chi connectivity index (χ0n) is 21.8. The van der Waals surface area contributed by atoms with Crippen molar-refractivity contribution < 1.29 is 9.53 Å². The van der Waals surface area contributed by atoms with Crippen LogP contribution >= 0.6 is 0 Å². The van der Waals surface area contributed by atoms with Crippen molar-refractivity contribution in [3.63, 3.8) is 0 Å². The Bertz CT molecular complexity index is 966. The first-order chi connectivity index (χ1) is 16.2. The summed E-state index contributed by atoms with van der Waals surface area (Å²) in [5.41, 5.74) is 3.06. The fraction of sp³-hybridized carbons (Fsp3) is 0.483. The van der Waals surface area contributed by atoms with Gasteiger partial charge in [0.05, 0.1) is 13.2 Å². The zero-order chi connectivity index (χ0) is 24.9. The number of methoxy groups -OCH3 is 1. The summed E-state index contributed by atoms with van der Waals surface area (Å²) in [4.78, 5) is 19.8. The van der Waals surface area contributed by atoms with E-state index in [2.05, 4.69) is 67.5 Å². The number of carbonyl (C=O) groups is 1. The van der Waals surface area contributed by atoms with Crippen LogP contribution < -0.4 is 4.74 Å². The van der Waals surface area contributed by atoms with Crippen LogP contribution in [0.15, 0.2) is 61.2 Å². The van der Waals surface area contributed by atoms with Crippen molar-refractivity contribution in [2.24, 2.45) is 0 Å². The van der Waals surface area contributed by atoms with Crippen LogP contribution in [0.25, 0.3) is 0 Å². The minimum Gasteiger partial charge on any atom is -0.497 e. The first-order valence-corrected chi connectivity index (χ1v) is 12.4. The maximum Gasteiger partial charge on any atom is 0.253 e. The van der Waals surface area contributed by atoms with Crippen molar-refractivity contribution in [1.82, 2.24) is 14.7 Å². The van der Waals surface area contributed by atoms with E-state index in [1.54, 1.807) is 7.11 Å². The third-order valence-corrected chi connectivity index (χ3v) is 7.06. The molecule has 0 saturated carbocycles. The van der Waals surface area contributed by atoms with Gasteiger partial charge in [-0.25, -0.2) is 0 Å². The van der Waals surface area contributed by atoms with Crippen LogP contribution in [0.2, 0.25) is 0 Å². The Morgan fingerprint density at radius 2 is 1.85 bits per heavy atom. The van der Waals surface area contributed by atoms with E-state index in [1.807, 2.05) is 43.0 Å². The molecule has 0 N–H and O–H groups in total. The molecule has 2 aromatic carbocycles. The summed E-state index contributed by atoms with van der Waals surface area (Å²) in [5, 5.41) is 0. The number of piperazine rings is 1. The van der Waals surface area contributed by atoms with Gasteiger partial charge in [-0.2, -0.15) is 0 Å². The third kappa shape index (κ3) is 5.53. The number of benzene rings is 2. The average Bonchev–Trinajstić information content (AvgIpc) is 2.83. The molecule has 2 aromatic rings. The maximum atomic E-state index is 12.9. The number of hydrogen-bond donors (Lipinski definition) is 0. The summed E-state index contributed by atoms with van der Waals surface area (Å²) >= 11 is 0. The van der Waals surface area contributed by atoms with Crippen molar-refractivity contribution in [3.8, 4) is 5.75 Å². The van der Waals surface area contributed by atoms with Gasteiger partial charge in [0.2, 0.25) is 0 Å². The Balaban J connectivity index is 2.03. The Kier molecular flexibility index (Phi) is 8.56. The van der Waals surface area contributed by atoms with Gasteiger partial charge in [-0.3, -0.25) is 14.6 Å². The van der Waals surface area contributed by atoms with Crippen molar-refractivity contribution in [3.05, 3.63) is 77.9 Å². The van der Waals surface area contributed by atoms with Crippen LogP contribution in [-0.2, 0) is 0 Å². The molecule has 5 nitrogen and oxygen atoms in total. The van der Waals surface area contributed by atoms with Gasteiger partial charge in [0.15, 0.2) is 0 Å². The predicted octanol–water partition coefficient (Wildman–Crippen LogP) is 5.24. The van der Waals surface area contributed by atoms with E-state index in [0.717, 1.165) is 30.9 Å². The molecule has 3 rings (SSSR count). The highest BCUT2D eigenvalue weighted by Crippen LogP contribution is 2.38. The van der Waals surface area contributed by atoms with E-state index < -0.39 is 0 Å². The average molecular weight is 464 g/mol. The maximum absolute atomic E-state index is 12.9. The van der Waals surface area contributed by atoms with Crippen LogP contribution in [0.4, 0.5) is 0 Å². The summed E-state index contributed by atoms with van der Waals surface area (Å²) in [6.07, 6.45) is 1.99. The fourth-order valence-corrected chi connectivity index (χ4v) is 5.12. The molecule has 1 saturated heterocycles.